The van der Waals surface area contributed by atoms with Crippen LogP contribution in [0.5, 0.6) is 0 Å². The fourth-order valence-corrected chi connectivity index (χ4v) is 8.88. The van der Waals surface area contributed by atoms with Crippen LogP contribution in [-0.4, -0.2) is 13.7 Å². The third-order valence-corrected chi connectivity index (χ3v) is 11.1. The van der Waals surface area contributed by atoms with Gasteiger partial charge in [-0.05, 0) is 77.9 Å². The van der Waals surface area contributed by atoms with Gasteiger partial charge in [0.15, 0.2) is 0 Å². The van der Waals surface area contributed by atoms with E-state index in [1.54, 1.807) is 0 Å². The third kappa shape index (κ3) is 4.33. The number of hydrogen-bond donors (Lipinski definition) is 0. The van der Waals surface area contributed by atoms with Crippen molar-refractivity contribution in [3.63, 3.8) is 0 Å². The van der Waals surface area contributed by atoms with E-state index in [9.17, 15) is 5.26 Å². The Morgan fingerprint density at radius 2 is 0.909 bits per heavy atom. The second-order valence-corrected chi connectivity index (χ2v) is 13.9. The number of nitriles is 1. The van der Waals surface area contributed by atoms with Gasteiger partial charge in [-0.1, -0.05) is 109 Å². The first-order valence-electron chi connectivity index (χ1n) is 18.3. The molecule has 0 radical (unpaired) electrons. The minimum atomic E-state index is 0.572. The Morgan fingerprint density at radius 3 is 1.60 bits per heavy atom. The van der Waals surface area contributed by atoms with Gasteiger partial charge in [0.05, 0.1) is 62.7 Å². The number of fused-ring (bicyclic) bond motifs is 9. The summed E-state index contributed by atoms with van der Waals surface area (Å²) in [7, 11) is 0. The second-order valence-electron chi connectivity index (χ2n) is 13.9. The predicted molar refractivity (Wildman–Crippen MR) is 226 cm³/mol. The molecule has 254 valence electrons. The Labute approximate surface area is 316 Å². The molecule has 0 N–H and O–H groups in total. The summed E-state index contributed by atoms with van der Waals surface area (Å²) in [6, 6.07) is 63.4. The first kappa shape index (κ1) is 30.7. The van der Waals surface area contributed by atoms with Gasteiger partial charge in [0, 0.05) is 38.0 Å². The Morgan fingerprint density at radius 1 is 0.418 bits per heavy atom. The smallest absolute Gasteiger partial charge is 0.218 e. The van der Waals surface area contributed by atoms with Crippen molar-refractivity contribution < 1.29 is 0 Å². The summed E-state index contributed by atoms with van der Waals surface area (Å²) >= 11 is 0. The highest BCUT2D eigenvalue weighted by molar-refractivity contribution is 6.14. The summed E-state index contributed by atoms with van der Waals surface area (Å²) in [5.41, 5.74) is 12.2. The monoisotopic (exact) mass is 699 g/mol. The van der Waals surface area contributed by atoms with Crippen LogP contribution in [0, 0.1) is 17.9 Å². The van der Waals surface area contributed by atoms with Crippen LogP contribution in [-0.2, 0) is 0 Å². The van der Waals surface area contributed by atoms with Crippen LogP contribution in [0.2, 0.25) is 0 Å². The van der Waals surface area contributed by atoms with E-state index >= 15 is 0 Å². The van der Waals surface area contributed by atoms with Gasteiger partial charge in [-0.3, -0.25) is 0 Å². The van der Waals surface area contributed by atoms with Crippen molar-refractivity contribution in [2.24, 2.45) is 0 Å². The zero-order valence-corrected chi connectivity index (χ0v) is 29.5. The molecule has 3 heterocycles. The molecular formula is C50H29N5. The van der Waals surface area contributed by atoms with E-state index in [4.69, 9.17) is 6.57 Å². The normalized spacial score (nSPS) is 11.6. The van der Waals surface area contributed by atoms with Gasteiger partial charge in [-0.15, -0.1) is 0 Å². The SMILES string of the molecule is [C-]#[N+]c1c(-c2ccccc2-n2c3ccccc3c3c(C#N)cccc32)cccc1-n1c2ccccc2c2cc(-n3c4ccccc4c4ccccc43)ccc21. The van der Waals surface area contributed by atoms with E-state index in [0.717, 1.165) is 71.8 Å². The molecule has 0 atom stereocenters. The average molecular weight is 700 g/mol. The lowest BCUT2D eigenvalue weighted by Crippen LogP contribution is -1.99. The summed E-state index contributed by atoms with van der Waals surface area (Å²) in [4.78, 5) is 4.29. The maximum Gasteiger partial charge on any atom is 0.218 e. The van der Waals surface area contributed by atoms with Crippen molar-refractivity contribution in [2.75, 3.05) is 0 Å². The number of rotatable bonds is 4. The first-order chi connectivity index (χ1) is 27.2. The fourth-order valence-electron chi connectivity index (χ4n) is 8.88. The lowest BCUT2D eigenvalue weighted by Gasteiger charge is -2.18. The van der Waals surface area contributed by atoms with Crippen LogP contribution in [0.4, 0.5) is 5.69 Å². The molecule has 0 fully saturated rings. The number of aromatic nitrogens is 3. The molecular weight excluding hydrogens is 671 g/mol. The lowest BCUT2D eigenvalue weighted by molar-refractivity contribution is 1.17. The van der Waals surface area contributed by atoms with Gasteiger partial charge in [0.1, 0.15) is 0 Å². The summed E-state index contributed by atoms with van der Waals surface area (Å²) in [6.07, 6.45) is 0. The molecule has 0 aliphatic heterocycles. The van der Waals surface area contributed by atoms with E-state index < -0.39 is 0 Å². The Balaban J connectivity index is 1.15. The van der Waals surface area contributed by atoms with Crippen molar-refractivity contribution >= 4 is 71.1 Å². The summed E-state index contributed by atoms with van der Waals surface area (Å²) in [5, 5.41) is 16.8. The van der Waals surface area contributed by atoms with Crippen LogP contribution >= 0.6 is 0 Å². The van der Waals surface area contributed by atoms with E-state index in [2.05, 4.69) is 164 Å². The van der Waals surface area contributed by atoms with Crippen LogP contribution in [0.1, 0.15) is 5.56 Å². The van der Waals surface area contributed by atoms with E-state index in [0.29, 0.717) is 11.3 Å². The van der Waals surface area contributed by atoms with Crippen molar-refractivity contribution in [1.29, 1.82) is 5.26 Å². The first-order valence-corrected chi connectivity index (χ1v) is 18.3. The Bertz CT molecular complexity index is 3420. The van der Waals surface area contributed by atoms with Gasteiger partial charge < -0.3 is 13.7 Å². The minimum absolute atomic E-state index is 0.572. The molecule has 0 aliphatic rings. The highest BCUT2D eigenvalue weighted by Gasteiger charge is 2.22. The van der Waals surface area contributed by atoms with Crippen LogP contribution in [0.15, 0.2) is 176 Å². The molecule has 0 aliphatic carbocycles. The van der Waals surface area contributed by atoms with Crippen LogP contribution in [0.25, 0.3) is 98.5 Å². The molecule has 0 bridgehead atoms. The molecule has 8 aromatic carbocycles. The van der Waals surface area contributed by atoms with Crippen LogP contribution in [0.3, 0.4) is 0 Å². The topological polar surface area (TPSA) is 42.9 Å². The molecule has 55 heavy (non-hydrogen) atoms. The quantitative estimate of drug-likeness (QED) is 0.169. The molecule has 11 rings (SSSR count). The molecule has 0 saturated carbocycles. The molecule has 5 heteroatoms. The van der Waals surface area contributed by atoms with E-state index in [1.807, 2.05) is 36.4 Å². The van der Waals surface area contributed by atoms with Gasteiger partial charge in [-0.25, -0.2) is 4.85 Å². The van der Waals surface area contributed by atoms with E-state index in [1.165, 1.54) is 21.8 Å². The molecule has 0 unspecified atom stereocenters. The van der Waals surface area contributed by atoms with Gasteiger partial charge in [0.2, 0.25) is 5.69 Å². The highest BCUT2D eigenvalue weighted by Crippen LogP contribution is 2.44. The zero-order chi connectivity index (χ0) is 36.6. The maximum atomic E-state index is 10.1. The van der Waals surface area contributed by atoms with Crippen LogP contribution < -0.4 is 0 Å². The second kappa shape index (κ2) is 11.8. The Hall–Kier alpha value is -7.86. The van der Waals surface area contributed by atoms with Gasteiger partial charge in [-0.2, -0.15) is 5.26 Å². The third-order valence-electron chi connectivity index (χ3n) is 11.1. The minimum Gasteiger partial charge on any atom is -0.319 e. The molecule has 11 aromatic rings. The lowest BCUT2D eigenvalue weighted by atomic mass is 10.00. The average Bonchev–Trinajstić information content (AvgIpc) is 3.89. The zero-order valence-electron chi connectivity index (χ0n) is 29.5. The number of para-hydroxylation sites is 6. The number of hydrogen-bond acceptors (Lipinski definition) is 1. The number of nitrogens with zero attached hydrogens (tertiary/aromatic N) is 5. The molecule has 5 nitrogen and oxygen atoms in total. The summed E-state index contributed by atoms with van der Waals surface area (Å²) < 4.78 is 6.84. The van der Waals surface area contributed by atoms with Crippen molar-refractivity contribution in [1.82, 2.24) is 13.7 Å². The predicted octanol–water partition coefficient (Wildman–Crippen LogP) is 13.1. The van der Waals surface area contributed by atoms with Crippen molar-refractivity contribution in [3.8, 4) is 34.3 Å². The van der Waals surface area contributed by atoms with Crippen molar-refractivity contribution in [2.45, 2.75) is 0 Å². The van der Waals surface area contributed by atoms with E-state index in [-0.39, 0.29) is 0 Å². The fraction of sp³-hybridized carbons (Fsp3) is 0. The highest BCUT2D eigenvalue weighted by atomic mass is 15.0. The standard InChI is InChI=1S/C50H29N5/c1-52-50-38(36-17-4-9-23-43(36)54-45-25-11-6-19-39(45)49-32(31-51)14-12-26-47(49)54)20-13-27-48(50)55-44-24-10-5-18-37(44)40-30-33(28-29-46(40)55)53-41-21-7-2-15-34(41)35-16-3-8-22-42(35)53/h2-30H. The Kier molecular flexibility index (Phi) is 6.61. The molecule has 0 saturated heterocycles. The maximum absolute atomic E-state index is 10.1. The molecule has 3 aromatic heterocycles. The number of benzene rings is 8. The summed E-state index contributed by atoms with van der Waals surface area (Å²) in [5.74, 6) is 0. The van der Waals surface area contributed by atoms with Crippen molar-refractivity contribution in [3.05, 3.63) is 193 Å². The summed E-state index contributed by atoms with van der Waals surface area (Å²) in [6.45, 7) is 8.70. The molecule has 0 amide bonds. The van der Waals surface area contributed by atoms with Gasteiger partial charge in [0.25, 0.3) is 0 Å². The molecule has 0 spiro atoms. The largest absolute Gasteiger partial charge is 0.319 e. The van der Waals surface area contributed by atoms with Gasteiger partial charge >= 0.3 is 0 Å².